The van der Waals surface area contributed by atoms with Gasteiger partial charge in [-0.25, -0.2) is 0 Å². The van der Waals surface area contributed by atoms with Gasteiger partial charge in [0.05, 0.1) is 0 Å². The first-order valence-electron chi connectivity index (χ1n) is 5.48. The fourth-order valence-corrected chi connectivity index (χ4v) is 1.54. The average Bonchev–Trinajstić information content (AvgIpc) is 2.09. The van der Waals surface area contributed by atoms with E-state index in [-0.39, 0.29) is 6.04 Å². The van der Waals surface area contributed by atoms with E-state index in [9.17, 15) is 4.79 Å². The summed E-state index contributed by atoms with van der Waals surface area (Å²) in [4.78, 5) is 12.6. The van der Waals surface area contributed by atoms with Gasteiger partial charge in [-0.2, -0.15) is 0 Å². The van der Waals surface area contributed by atoms with Crippen LogP contribution in [0.25, 0.3) is 0 Å². The van der Waals surface area contributed by atoms with Crippen molar-refractivity contribution < 1.29 is 9.90 Å². The van der Waals surface area contributed by atoms with Crippen LogP contribution in [-0.2, 0) is 4.79 Å². The van der Waals surface area contributed by atoms with Crippen LogP contribution in [0.2, 0.25) is 0 Å². The van der Waals surface area contributed by atoms with Crippen LogP contribution in [-0.4, -0.2) is 36.1 Å². The predicted molar refractivity (Wildman–Crippen MR) is 58.5 cm³/mol. The van der Waals surface area contributed by atoms with Crippen LogP contribution in [0.1, 0.15) is 45.4 Å². The highest BCUT2D eigenvalue weighted by molar-refractivity contribution is 5.73. The van der Waals surface area contributed by atoms with E-state index < -0.39 is 5.97 Å². The molecule has 0 amide bonds. The van der Waals surface area contributed by atoms with Gasteiger partial charge in [0.2, 0.25) is 0 Å². The number of hydrogen-bond acceptors (Lipinski definition) is 2. The van der Waals surface area contributed by atoms with Gasteiger partial charge in [-0.3, -0.25) is 9.69 Å². The molecule has 3 heteroatoms. The Kier molecular flexibility index (Phi) is 7.48. The zero-order chi connectivity index (χ0) is 11.0. The van der Waals surface area contributed by atoms with E-state index in [1.165, 1.54) is 19.3 Å². The molecule has 14 heavy (non-hydrogen) atoms. The van der Waals surface area contributed by atoms with Gasteiger partial charge in [-0.05, 0) is 20.5 Å². The summed E-state index contributed by atoms with van der Waals surface area (Å²) >= 11 is 0. The first kappa shape index (κ1) is 13.4. The molecule has 0 fully saturated rings. The average molecular weight is 201 g/mol. The SMILES string of the molecule is CCCCCCCC(C(=O)O)N(C)C. The van der Waals surface area contributed by atoms with Crippen molar-refractivity contribution in [2.75, 3.05) is 14.1 Å². The number of rotatable bonds is 8. The van der Waals surface area contributed by atoms with E-state index in [1.807, 2.05) is 14.1 Å². The van der Waals surface area contributed by atoms with Crippen molar-refractivity contribution in [2.24, 2.45) is 0 Å². The molecule has 0 aliphatic carbocycles. The van der Waals surface area contributed by atoms with E-state index in [4.69, 9.17) is 5.11 Å². The molecule has 0 spiro atoms. The van der Waals surface area contributed by atoms with Crippen LogP contribution in [0, 0.1) is 0 Å². The quantitative estimate of drug-likeness (QED) is 0.613. The summed E-state index contributed by atoms with van der Waals surface area (Å²) in [6.07, 6.45) is 6.68. The lowest BCUT2D eigenvalue weighted by atomic mass is 10.1. The van der Waals surface area contributed by atoms with E-state index in [0.717, 1.165) is 19.3 Å². The highest BCUT2D eigenvalue weighted by Gasteiger charge is 2.18. The number of carboxylic acid groups (broad SMARTS) is 1. The Morgan fingerprint density at radius 3 is 2.21 bits per heavy atom. The fourth-order valence-electron chi connectivity index (χ4n) is 1.54. The van der Waals surface area contributed by atoms with Crippen molar-refractivity contribution in [3.8, 4) is 0 Å². The normalized spacial score (nSPS) is 13.1. The maximum atomic E-state index is 10.8. The molecule has 3 nitrogen and oxygen atoms in total. The maximum Gasteiger partial charge on any atom is 0.320 e. The first-order valence-corrected chi connectivity index (χ1v) is 5.48. The summed E-state index contributed by atoms with van der Waals surface area (Å²) in [5.41, 5.74) is 0. The lowest BCUT2D eigenvalue weighted by Crippen LogP contribution is -2.35. The molecule has 84 valence electrons. The highest BCUT2D eigenvalue weighted by Crippen LogP contribution is 2.09. The Labute approximate surface area is 87.1 Å². The van der Waals surface area contributed by atoms with Gasteiger partial charge in [0, 0.05) is 0 Å². The Balaban J connectivity index is 3.57. The minimum absolute atomic E-state index is 0.309. The van der Waals surface area contributed by atoms with Gasteiger partial charge in [-0.15, -0.1) is 0 Å². The molecule has 0 aliphatic heterocycles. The second-order valence-corrected chi connectivity index (χ2v) is 4.02. The van der Waals surface area contributed by atoms with Crippen LogP contribution in [0.4, 0.5) is 0 Å². The zero-order valence-corrected chi connectivity index (χ0v) is 9.62. The monoisotopic (exact) mass is 201 g/mol. The standard InChI is InChI=1S/C11H23NO2/c1-4-5-6-7-8-9-10(11(13)14)12(2)3/h10H,4-9H2,1-3H3,(H,13,14). The van der Waals surface area contributed by atoms with Gasteiger partial charge >= 0.3 is 5.97 Å². The second kappa shape index (κ2) is 7.80. The largest absolute Gasteiger partial charge is 0.480 e. The smallest absolute Gasteiger partial charge is 0.320 e. The number of aliphatic carboxylic acids is 1. The summed E-state index contributed by atoms with van der Waals surface area (Å²) in [7, 11) is 3.65. The van der Waals surface area contributed by atoms with Crippen molar-refractivity contribution in [3.05, 3.63) is 0 Å². The summed E-state index contributed by atoms with van der Waals surface area (Å²) in [5, 5.41) is 8.90. The molecule has 0 rings (SSSR count). The van der Waals surface area contributed by atoms with Crippen molar-refractivity contribution in [2.45, 2.75) is 51.5 Å². The molecular formula is C11H23NO2. The van der Waals surface area contributed by atoms with Crippen LogP contribution < -0.4 is 0 Å². The third-order valence-corrected chi connectivity index (χ3v) is 2.49. The van der Waals surface area contributed by atoms with Crippen molar-refractivity contribution in [1.29, 1.82) is 0 Å². The molecular weight excluding hydrogens is 178 g/mol. The Morgan fingerprint density at radius 2 is 1.79 bits per heavy atom. The number of nitrogens with zero attached hydrogens (tertiary/aromatic N) is 1. The number of carbonyl (C=O) groups is 1. The summed E-state index contributed by atoms with van der Waals surface area (Å²) in [5.74, 6) is -0.703. The summed E-state index contributed by atoms with van der Waals surface area (Å²) < 4.78 is 0. The molecule has 1 atom stereocenters. The molecule has 0 aliphatic rings. The van der Waals surface area contributed by atoms with Crippen molar-refractivity contribution >= 4 is 5.97 Å². The second-order valence-electron chi connectivity index (χ2n) is 4.02. The van der Waals surface area contributed by atoms with Gasteiger partial charge in [0.25, 0.3) is 0 Å². The predicted octanol–water partition coefficient (Wildman–Crippen LogP) is 2.36. The molecule has 1 unspecified atom stereocenters. The Morgan fingerprint density at radius 1 is 1.21 bits per heavy atom. The topological polar surface area (TPSA) is 40.5 Å². The van der Waals surface area contributed by atoms with Gasteiger partial charge in [0.15, 0.2) is 0 Å². The Hall–Kier alpha value is -0.570. The minimum Gasteiger partial charge on any atom is -0.480 e. The van der Waals surface area contributed by atoms with Crippen LogP contribution in [0.15, 0.2) is 0 Å². The van der Waals surface area contributed by atoms with Crippen LogP contribution >= 0.6 is 0 Å². The molecule has 0 aromatic carbocycles. The summed E-state index contributed by atoms with van der Waals surface area (Å²) in [6, 6.07) is -0.309. The fraction of sp³-hybridized carbons (Fsp3) is 0.909. The number of unbranched alkanes of at least 4 members (excludes halogenated alkanes) is 4. The number of carboxylic acids is 1. The third kappa shape index (κ3) is 5.97. The van der Waals surface area contributed by atoms with E-state index in [1.54, 1.807) is 4.90 Å². The maximum absolute atomic E-state index is 10.8. The van der Waals surface area contributed by atoms with Gasteiger partial charge in [-0.1, -0.05) is 39.0 Å². The van der Waals surface area contributed by atoms with Crippen LogP contribution in [0.3, 0.4) is 0 Å². The minimum atomic E-state index is -0.703. The molecule has 0 radical (unpaired) electrons. The van der Waals surface area contributed by atoms with Gasteiger partial charge < -0.3 is 5.11 Å². The molecule has 0 bridgehead atoms. The zero-order valence-electron chi connectivity index (χ0n) is 9.62. The van der Waals surface area contributed by atoms with Gasteiger partial charge in [0.1, 0.15) is 6.04 Å². The highest BCUT2D eigenvalue weighted by atomic mass is 16.4. The molecule has 0 saturated heterocycles. The van der Waals surface area contributed by atoms with Crippen molar-refractivity contribution in [1.82, 2.24) is 4.90 Å². The first-order chi connectivity index (χ1) is 6.59. The van der Waals surface area contributed by atoms with E-state index in [2.05, 4.69) is 6.92 Å². The van der Waals surface area contributed by atoms with E-state index in [0.29, 0.717) is 0 Å². The van der Waals surface area contributed by atoms with E-state index >= 15 is 0 Å². The molecule has 0 saturated carbocycles. The molecule has 0 aromatic rings. The lowest BCUT2D eigenvalue weighted by molar-refractivity contribution is -0.142. The summed E-state index contributed by atoms with van der Waals surface area (Å²) in [6.45, 7) is 2.18. The van der Waals surface area contributed by atoms with Crippen molar-refractivity contribution in [3.63, 3.8) is 0 Å². The molecule has 0 aromatic heterocycles. The third-order valence-electron chi connectivity index (χ3n) is 2.49. The number of likely N-dealkylation sites (N-methyl/N-ethyl adjacent to an activating group) is 1. The molecule has 1 N–H and O–H groups in total. The van der Waals surface area contributed by atoms with Crippen LogP contribution in [0.5, 0.6) is 0 Å². The Bertz CT molecular complexity index is 157. The lowest BCUT2D eigenvalue weighted by Gasteiger charge is -2.19. The number of hydrogen-bond donors (Lipinski definition) is 1. The molecule has 0 heterocycles.